The van der Waals surface area contributed by atoms with Gasteiger partial charge >= 0.3 is 0 Å². The maximum atomic E-state index is 11.3. The van der Waals surface area contributed by atoms with Gasteiger partial charge in [-0.05, 0) is 12.1 Å². The third-order valence-electron chi connectivity index (χ3n) is 2.08. The molecule has 19 heavy (non-hydrogen) atoms. The number of carbonyl (C=O) groups excluding carboxylic acids is 1. The minimum atomic E-state index is -4.39. The fourth-order valence-electron chi connectivity index (χ4n) is 1.30. The van der Waals surface area contributed by atoms with Gasteiger partial charge in [0.05, 0.1) is 0 Å². The summed E-state index contributed by atoms with van der Waals surface area (Å²) in [6.07, 6.45) is 0. The van der Waals surface area contributed by atoms with Gasteiger partial charge in [-0.3, -0.25) is 9.35 Å². The average molecular weight is 317 g/mol. The highest BCUT2D eigenvalue weighted by atomic mass is 32.2. The van der Waals surface area contributed by atoms with Crippen molar-refractivity contribution in [2.24, 2.45) is 10.2 Å². The minimum Gasteiger partial charge on any atom is -0.309 e. The van der Waals surface area contributed by atoms with Crippen LogP contribution in [0, 0.1) is 0 Å². The molecule has 0 bridgehead atoms. The molecule has 0 spiro atoms. The van der Waals surface area contributed by atoms with Crippen LogP contribution in [0.25, 0.3) is 0 Å². The van der Waals surface area contributed by atoms with Gasteiger partial charge in [0.2, 0.25) is 5.37 Å². The molecular formula is C9H7N3O4S3. The normalized spacial score (nSPS) is 19.9. The average Bonchev–Trinajstić information content (AvgIpc) is 2.64. The van der Waals surface area contributed by atoms with Gasteiger partial charge in [0.15, 0.2) is 0 Å². The number of amides is 1. The maximum Gasteiger partial charge on any atom is 0.296 e. The highest BCUT2D eigenvalue weighted by Gasteiger charge is 2.29. The standard InChI is InChI=1S/C9H7N3O4S3/c13-7-8(18-9(17)10-7)12-11-5-3-1-2-4-6(5)19(14,15)16/h1-4,8H,(H,10,13,17)(H,14,15,16). The lowest BCUT2D eigenvalue weighted by Gasteiger charge is -2.01. The fraction of sp³-hybridized carbons (Fsp3) is 0.111. The van der Waals surface area contributed by atoms with Crippen molar-refractivity contribution in [3.05, 3.63) is 24.3 Å². The Labute approximate surface area is 118 Å². The lowest BCUT2D eigenvalue weighted by atomic mass is 10.3. The zero-order valence-electron chi connectivity index (χ0n) is 9.18. The van der Waals surface area contributed by atoms with E-state index in [-0.39, 0.29) is 14.9 Å². The molecule has 1 atom stereocenters. The summed E-state index contributed by atoms with van der Waals surface area (Å²) in [5.74, 6) is -0.414. The first kappa shape index (κ1) is 14.1. The number of benzene rings is 1. The Morgan fingerprint density at radius 1 is 1.37 bits per heavy atom. The molecule has 0 aliphatic carbocycles. The molecule has 7 nitrogen and oxygen atoms in total. The Kier molecular flexibility index (Phi) is 3.94. The fourth-order valence-corrected chi connectivity index (χ4v) is 2.92. The molecule has 2 N–H and O–H groups in total. The zero-order valence-corrected chi connectivity index (χ0v) is 11.6. The lowest BCUT2D eigenvalue weighted by molar-refractivity contribution is -0.118. The van der Waals surface area contributed by atoms with Crippen molar-refractivity contribution >= 4 is 50.0 Å². The van der Waals surface area contributed by atoms with E-state index in [0.29, 0.717) is 0 Å². The zero-order chi connectivity index (χ0) is 14.0. The highest BCUT2D eigenvalue weighted by Crippen LogP contribution is 2.27. The van der Waals surface area contributed by atoms with Gasteiger partial charge in [-0.15, -0.1) is 0 Å². The summed E-state index contributed by atoms with van der Waals surface area (Å²) >= 11 is 5.79. The van der Waals surface area contributed by atoms with Gasteiger partial charge in [-0.2, -0.15) is 18.6 Å². The minimum absolute atomic E-state index is 0.0452. The molecule has 100 valence electrons. The van der Waals surface area contributed by atoms with Crippen molar-refractivity contribution in [1.82, 2.24) is 5.32 Å². The first-order valence-electron chi connectivity index (χ1n) is 4.87. The lowest BCUT2D eigenvalue weighted by Crippen LogP contribution is -2.22. The first-order valence-corrected chi connectivity index (χ1v) is 7.59. The van der Waals surface area contributed by atoms with Crippen LogP contribution in [0.2, 0.25) is 0 Å². The smallest absolute Gasteiger partial charge is 0.296 e. The number of hydrogen-bond donors (Lipinski definition) is 2. The van der Waals surface area contributed by atoms with Crippen molar-refractivity contribution in [3.8, 4) is 0 Å². The largest absolute Gasteiger partial charge is 0.309 e. The molecular weight excluding hydrogens is 310 g/mol. The number of thioether (sulfide) groups is 1. The van der Waals surface area contributed by atoms with Gasteiger partial charge in [-0.25, -0.2) is 0 Å². The number of carbonyl (C=O) groups is 1. The predicted molar refractivity (Wildman–Crippen MR) is 72.9 cm³/mol. The van der Waals surface area contributed by atoms with Crippen LogP contribution < -0.4 is 5.32 Å². The van der Waals surface area contributed by atoms with Crippen molar-refractivity contribution < 1.29 is 17.8 Å². The SMILES string of the molecule is O=C1NC(=S)SC1N=Nc1ccccc1S(=O)(=O)O. The van der Waals surface area contributed by atoms with Gasteiger partial charge in [-0.1, -0.05) is 36.1 Å². The van der Waals surface area contributed by atoms with Gasteiger partial charge in [0.1, 0.15) is 14.9 Å². The van der Waals surface area contributed by atoms with E-state index in [9.17, 15) is 13.2 Å². The van der Waals surface area contributed by atoms with Crippen molar-refractivity contribution in [1.29, 1.82) is 0 Å². The van der Waals surface area contributed by atoms with Crippen LogP contribution in [0.1, 0.15) is 0 Å². The number of rotatable bonds is 3. The van der Waals surface area contributed by atoms with Crippen LogP contribution in [0.15, 0.2) is 39.4 Å². The number of hydrogen-bond acceptors (Lipinski definition) is 7. The highest BCUT2D eigenvalue weighted by molar-refractivity contribution is 8.24. The van der Waals surface area contributed by atoms with E-state index in [4.69, 9.17) is 16.8 Å². The molecule has 10 heteroatoms. The molecule has 1 saturated heterocycles. The van der Waals surface area contributed by atoms with Crippen LogP contribution >= 0.6 is 24.0 Å². The third kappa shape index (κ3) is 3.35. The van der Waals surface area contributed by atoms with Gasteiger partial charge < -0.3 is 5.32 Å². The Morgan fingerprint density at radius 2 is 2.05 bits per heavy atom. The Hall–Kier alpha value is -1.36. The van der Waals surface area contributed by atoms with Crippen molar-refractivity contribution in [3.63, 3.8) is 0 Å². The number of azo groups is 1. The molecule has 2 rings (SSSR count). The molecule has 1 fully saturated rings. The van der Waals surface area contributed by atoms with Crippen LogP contribution in [0.3, 0.4) is 0 Å². The second-order valence-electron chi connectivity index (χ2n) is 3.41. The van der Waals surface area contributed by atoms with E-state index in [2.05, 4.69) is 15.5 Å². The second-order valence-corrected chi connectivity index (χ2v) is 6.55. The molecule has 0 saturated carbocycles. The van der Waals surface area contributed by atoms with E-state index in [1.54, 1.807) is 0 Å². The van der Waals surface area contributed by atoms with E-state index >= 15 is 0 Å². The molecule has 1 aliphatic rings. The summed E-state index contributed by atoms with van der Waals surface area (Å²) < 4.78 is 31.5. The number of nitrogens with zero attached hydrogens (tertiary/aromatic N) is 2. The van der Waals surface area contributed by atoms with Gasteiger partial charge in [0, 0.05) is 0 Å². The van der Waals surface area contributed by atoms with Crippen LogP contribution in [-0.4, -0.2) is 28.6 Å². The van der Waals surface area contributed by atoms with Crippen molar-refractivity contribution in [2.75, 3.05) is 0 Å². The number of nitrogens with one attached hydrogen (secondary N) is 1. The molecule has 1 heterocycles. The Balaban J connectivity index is 2.30. The van der Waals surface area contributed by atoms with E-state index in [0.717, 1.165) is 11.8 Å². The molecule has 0 aromatic heterocycles. The van der Waals surface area contributed by atoms with E-state index < -0.39 is 21.4 Å². The molecule has 1 aromatic rings. The summed E-state index contributed by atoms with van der Waals surface area (Å²) in [7, 11) is -4.39. The second kappa shape index (κ2) is 5.33. The molecule has 0 radical (unpaired) electrons. The third-order valence-corrected chi connectivity index (χ3v) is 4.22. The number of thiocarbonyl (C=S) groups is 1. The van der Waals surface area contributed by atoms with E-state index in [1.165, 1.54) is 24.3 Å². The molecule has 1 aliphatic heterocycles. The summed E-state index contributed by atoms with van der Waals surface area (Å²) in [6, 6.07) is 5.53. The van der Waals surface area contributed by atoms with Crippen LogP contribution in [-0.2, 0) is 14.9 Å². The predicted octanol–water partition coefficient (Wildman–Crippen LogP) is 1.49. The molecule has 1 amide bonds. The summed E-state index contributed by atoms with van der Waals surface area (Å²) in [4.78, 5) is 11.0. The topological polar surface area (TPSA) is 108 Å². The monoisotopic (exact) mass is 317 g/mol. The quantitative estimate of drug-likeness (QED) is 0.497. The Bertz CT molecular complexity index is 671. The Morgan fingerprint density at radius 3 is 2.63 bits per heavy atom. The van der Waals surface area contributed by atoms with Gasteiger partial charge in [0.25, 0.3) is 16.0 Å². The van der Waals surface area contributed by atoms with E-state index in [1.807, 2.05) is 0 Å². The summed E-state index contributed by atoms with van der Waals surface area (Å²) in [5, 5.41) is 8.93. The summed E-state index contributed by atoms with van der Waals surface area (Å²) in [6.45, 7) is 0. The van der Waals surface area contributed by atoms with Crippen molar-refractivity contribution in [2.45, 2.75) is 10.3 Å². The maximum absolute atomic E-state index is 11.3. The molecule has 1 aromatic carbocycles. The van der Waals surface area contributed by atoms with Crippen LogP contribution in [0.5, 0.6) is 0 Å². The first-order chi connectivity index (χ1) is 8.88. The summed E-state index contributed by atoms with van der Waals surface area (Å²) in [5.41, 5.74) is -0.0452. The van der Waals surface area contributed by atoms with Crippen LogP contribution in [0.4, 0.5) is 5.69 Å². The molecule has 1 unspecified atom stereocenters.